The Morgan fingerprint density at radius 3 is 2.37 bits per heavy atom. The molecule has 1 saturated heterocycles. The average molecular weight is 456 g/mol. The second-order valence-corrected chi connectivity index (χ2v) is 6.78. The molecule has 0 bridgehead atoms. The van der Waals surface area contributed by atoms with Crippen LogP contribution in [0.3, 0.4) is 0 Å². The minimum Gasteiger partial charge on any atom is -0.352 e. The van der Waals surface area contributed by atoms with Crippen LogP contribution in [0.5, 0.6) is 0 Å². The summed E-state index contributed by atoms with van der Waals surface area (Å²) in [6.07, 6.45) is 5.15. The van der Waals surface area contributed by atoms with Crippen LogP contribution in [0.25, 0.3) is 0 Å². The highest BCUT2D eigenvalue weighted by molar-refractivity contribution is 6.36. The van der Waals surface area contributed by atoms with E-state index < -0.39 is 6.04 Å². The number of rotatable bonds is 4. The molecule has 1 aliphatic heterocycles. The van der Waals surface area contributed by atoms with Gasteiger partial charge in [-0.25, -0.2) is 4.98 Å². The Bertz CT molecular complexity index is 763. The van der Waals surface area contributed by atoms with Gasteiger partial charge in [0.2, 0.25) is 5.91 Å². The van der Waals surface area contributed by atoms with Gasteiger partial charge in [-0.15, -0.1) is 24.8 Å². The number of piperazine rings is 1. The molecule has 3 rings (SSSR count). The predicted octanol–water partition coefficient (Wildman–Crippen LogP) is 2.57. The van der Waals surface area contributed by atoms with Gasteiger partial charge in [0.25, 0.3) is 0 Å². The maximum atomic E-state index is 12.8. The fourth-order valence-corrected chi connectivity index (χ4v) is 3.48. The van der Waals surface area contributed by atoms with E-state index in [1.54, 1.807) is 30.2 Å². The Kier molecular flexibility index (Phi) is 9.11. The molecule has 0 saturated carbocycles. The summed E-state index contributed by atoms with van der Waals surface area (Å²) in [6.45, 7) is 2.56. The van der Waals surface area contributed by atoms with Crippen molar-refractivity contribution >= 4 is 59.7 Å². The van der Waals surface area contributed by atoms with Crippen molar-refractivity contribution < 1.29 is 4.79 Å². The highest BCUT2D eigenvalue weighted by Gasteiger charge is 2.29. The van der Waals surface area contributed by atoms with Crippen molar-refractivity contribution in [3.63, 3.8) is 0 Å². The lowest BCUT2D eigenvalue weighted by molar-refractivity contribution is -0.133. The Labute approximate surface area is 180 Å². The van der Waals surface area contributed by atoms with Crippen molar-refractivity contribution in [2.45, 2.75) is 6.04 Å². The first kappa shape index (κ1) is 23.8. The maximum Gasteiger partial charge on any atom is 0.244 e. The van der Waals surface area contributed by atoms with Gasteiger partial charge < -0.3 is 15.1 Å². The van der Waals surface area contributed by atoms with Gasteiger partial charge in [0.1, 0.15) is 11.9 Å². The van der Waals surface area contributed by atoms with Gasteiger partial charge in [0.15, 0.2) is 0 Å². The number of likely N-dealkylation sites (N-methyl/N-ethyl adjacent to an activating group) is 1. The van der Waals surface area contributed by atoms with Gasteiger partial charge in [-0.1, -0.05) is 23.2 Å². The first-order chi connectivity index (χ1) is 12.0. The lowest BCUT2D eigenvalue weighted by Crippen LogP contribution is -2.51. The van der Waals surface area contributed by atoms with Crippen LogP contribution in [0.2, 0.25) is 10.0 Å². The summed E-state index contributed by atoms with van der Waals surface area (Å²) >= 11 is 12.1. The van der Waals surface area contributed by atoms with E-state index in [0.29, 0.717) is 42.0 Å². The van der Waals surface area contributed by atoms with Crippen molar-refractivity contribution in [3.05, 3.63) is 40.3 Å². The number of halogens is 4. The summed E-state index contributed by atoms with van der Waals surface area (Å²) < 4.78 is 1.69. The monoisotopic (exact) mass is 454 g/mol. The Morgan fingerprint density at radius 1 is 1.19 bits per heavy atom. The summed E-state index contributed by atoms with van der Waals surface area (Å²) in [5, 5.41) is 8.26. The average Bonchev–Trinajstić information content (AvgIpc) is 3.02. The minimum absolute atomic E-state index is 0. The number of aromatic nitrogens is 3. The van der Waals surface area contributed by atoms with Gasteiger partial charge in [-0.05, 0) is 13.1 Å². The molecule has 1 amide bonds. The van der Waals surface area contributed by atoms with Crippen LogP contribution in [0.15, 0.2) is 24.7 Å². The van der Waals surface area contributed by atoms with Crippen LogP contribution < -0.4 is 10.2 Å². The largest absolute Gasteiger partial charge is 0.352 e. The van der Waals surface area contributed by atoms with E-state index in [1.807, 2.05) is 18.1 Å². The number of aryl methyl sites for hydroxylation is 1. The van der Waals surface area contributed by atoms with Crippen molar-refractivity contribution in [2.75, 3.05) is 38.1 Å². The molecule has 7 nitrogen and oxygen atoms in total. The lowest BCUT2D eigenvalue weighted by atomic mass is 10.1. The van der Waals surface area contributed by atoms with Gasteiger partial charge in [0.05, 0.1) is 16.2 Å². The molecule has 0 aliphatic carbocycles. The van der Waals surface area contributed by atoms with E-state index in [0.717, 1.165) is 5.56 Å². The number of carbonyl (C=O) groups excluding carboxylic acids is 1. The van der Waals surface area contributed by atoms with Crippen molar-refractivity contribution in [2.24, 2.45) is 7.05 Å². The highest BCUT2D eigenvalue weighted by Crippen LogP contribution is 2.27. The molecule has 0 spiro atoms. The summed E-state index contributed by atoms with van der Waals surface area (Å²) in [7, 11) is 3.62. The number of nitrogens with zero attached hydrogens (tertiary/aromatic N) is 5. The topological polar surface area (TPSA) is 66.3 Å². The van der Waals surface area contributed by atoms with Crippen LogP contribution in [-0.2, 0) is 11.8 Å². The van der Waals surface area contributed by atoms with E-state index >= 15 is 0 Å². The third-order valence-electron chi connectivity index (χ3n) is 4.27. The summed E-state index contributed by atoms with van der Waals surface area (Å²) in [5.74, 6) is 0.751. The molecule has 27 heavy (non-hydrogen) atoms. The number of carbonyl (C=O) groups is 1. The molecular formula is C16H22Cl4N6O. The van der Waals surface area contributed by atoms with Crippen molar-refractivity contribution in [3.8, 4) is 0 Å². The fraction of sp³-hybridized carbons (Fsp3) is 0.438. The zero-order valence-electron chi connectivity index (χ0n) is 14.9. The van der Waals surface area contributed by atoms with E-state index in [-0.39, 0.29) is 30.7 Å². The smallest absolute Gasteiger partial charge is 0.244 e. The first-order valence-corrected chi connectivity index (χ1v) is 8.75. The third kappa shape index (κ3) is 5.39. The summed E-state index contributed by atoms with van der Waals surface area (Å²) in [5.41, 5.74) is 0.861. The number of hydrogen-bond donors (Lipinski definition) is 1. The summed E-state index contributed by atoms with van der Waals surface area (Å²) in [4.78, 5) is 21.1. The predicted molar refractivity (Wildman–Crippen MR) is 113 cm³/mol. The van der Waals surface area contributed by atoms with E-state index in [2.05, 4.69) is 20.3 Å². The molecule has 150 valence electrons. The lowest BCUT2D eigenvalue weighted by Gasteiger charge is -2.37. The van der Waals surface area contributed by atoms with Gasteiger partial charge in [-0.2, -0.15) is 5.10 Å². The minimum atomic E-state index is -0.391. The molecule has 2 aromatic rings. The molecule has 1 aliphatic rings. The maximum absolute atomic E-state index is 12.8. The molecule has 2 aromatic heterocycles. The Hall–Kier alpha value is -1.25. The molecular weight excluding hydrogens is 434 g/mol. The molecule has 1 unspecified atom stereocenters. The van der Waals surface area contributed by atoms with E-state index in [1.165, 1.54) is 0 Å². The van der Waals surface area contributed by atoms with Crippen LogP contribution >= 0.6 is 48.0 Å². The molecule has 1 N–H and O–H groups in total. The second kappa shape index (κ2) is 10.3. The quantitative estimate of drug-likeness (QED) is 0.767. The van der Waals surface area contributed by atoms with Gasteiger partial charge in [-0.3, -0.25) is 9.48 Å². The highest BCUT2D eigenvalue weighted by atomic mass is 35.5. The number of anilines is 1. The SMILES string of the molecule is CNC(C(=O)N1CCN(c2ncc(Cl)cc2Cl)CC1)c1cnn(C)c1.Cl.Cl. The Balaban J connectivity index is 0.00000182. The molecule has 1 atom stereocenters. The Morgan fingerprint density at radius 2 is 1.85 bits per heavy atom. The number of amides is 1. The van der Waals surface area contributed by atoms with Crippen LogP contribution in [0.4, 0.5) is 5.82 Å². The second-order valence-electron chi connectivity index (χ2n) is 5.94. The number of pyridine rings is 1. The third-order valence-corrected chi connectivity index (χ3v) is 4.76. The molecule has 1 fully saturated rings. The van der Waals surface area contributed by atoms with Crippen molar-refractivity contribution in [1.29, 1.82) is 0 Å². The summed E-state index contributed by atoms with van der Waals surface area (Å²) in [6, 6.07) is 1.29. The molecule has 3 heterocycles. The van der Waals surface area contributed by atoms with Crippen molar-refractivity contribution in [1.82, 2.24) is 25.0 Å². The molecule has 0 aromatic carbocycles. The van der Waals surface area contributed by atoms with E-state index in [9.17, 15) is 4.79 Å². The van der Waals surface area contributed by atoms with Gasteiger partial charge >= 0.3 is 0 Å². The van der Waals surface area contributed by atoms with Gasteiger partial charge in [0, 0.05) is 51.2 Å². The number of nitrogens with one attached hydrogen (secondary N) is 1. The number of hydrogen-bond acceptors (Lipinski definition) is 5. The van der Waals surface area contributed by atoms with Crippen LogP contribution in [-0.4, -0.2) is 58.8 Å². The first-order valence-electron chi connectivity index (χ1n) is 8.00. The van der Waals surface area contributed by atoms with Crippen LogP contribution in [0.1, 0.15) is 11.6 Å². The van der Waals surface area contributed by atoms with E-state index in [4.69, 9.17) is 23.2 Å². The zero-order chi connectivity index (χ0) is 18.0. The van der Waals surface area contributed by atoms with Crippen LogP contribution in [0, 0.1) is 0 Å². The fourth-order valence-electron chi connectivity index (χ4n) is 2.98. The molecule has 0 radical (unpaired) electrons. The standard InChI is InChI=1S/C16H20Cl2N6O.2ClH/c1-19-14(11-8-21-22(2)10-11)16(25)24-5-3-23(4-6-24)15-13(18)7-12(17)9-20-15;;/h7-10,14,19H,3-6H2,1-2H3;2*1H. The normalized spacial score (nSPS) is 15.0. The zero-order valence-corrected chi connectivity index (χ0v) is 18.1. The molecule has 11 heteroatoms.